The highest BCUT2D eigenvalue weighted by molar-refractivity contribution is 7.89. The number of alkyl halides is 2. The quantitative estimate of drug-likeness (QED) is 0.562. The number of carbonyl (C=O) groups is 1. The number of halogens is 2. The monoisotopic (exact) mass is 484 g/mol. The Kier molecular flexibility index (Phi) is 6.63. The number of fused-ring (bicyclic) bond motifs is 1. The summed E-state index contributed by atoms with van der Waals surface area (Å²) in [5, 5.41) is 0.441. The Balaban J connectivity index is 1.51. The van der Waals surface area contributed by atoms with E-state index in [1.807, 2.05) is 0 Å². The molecule has 0 bridgehead atoms. The summed E-state index contributed by atoms with van der Waals surface area (Å²) in [6.45, 7) is 4.53. The van der Waals surface area contributed by atoms with Gasteiger partial charge in [-0.3, -0.25) is 4.79 Å². The molecule has 2 aliphatic rings. The summed E-state index contributed by atoms with van der Waals surface area (Å²) in [6, 6.07) is 3.70. The van der Waals surface area contributed by atoms with Crippen molar-refractivity contribution >= 4 is 27.0 Å². The van der Waals surface area contributed by atoms with Crippen LogP contribution in [0.25, 0.3) is 11.0 Å². The summed E-state index contributed by atoms with van der Waals surface area (Å²) in [6.07, 6.45) is 4.85. The van der Waals surface area contributed by atoms with Gasteiger partial charge in [0.15, 0.2) is 5.65 Å². The first-order chi connectivity index (χ1) is 15.5. The minimum atomic E-state index is -3.86. The molecule has 2 aliphatic heterocycles. The molecule has 4 heterocycles. The normalized spacial score (nSPS) is 21.6. The molecule has 8 nitrogen and oxygen atoms in total. The number of likely N-dealkylation sites (tertiary alicyclic amines) is 2. The lowest BCUT2D eigenvalue weighted by Gasteiger charge is -2.31. The summed E-state index contributed by atoms with van der Waals surface area (Å²) in [5.74, 6) is -2.92. The molecule has 182 valence electrons. The molecular formula is C22H30F2N4O4S. The molecule has 2 fully saturated rings. The number of hydrogen-bond acceptors (Lipinski definition) is 6. The summed E-state index contributed by atoms with van der Waals surface area (Å²) in [4.78, 5) is 21.0. The molecule has 2 aromatic heterocycles. The second-order valence-corrected chi connectivity index (χ2v) is 10.8. The summed E-state index contributed by atoms with van der Waals surface area (Å²) < 4.78 is 58.6. The van der Waals surface area contributed by atoms with Crippen LogP contribution in [-0.2, 0) is 10.0 Å². The predicted octanol–water partition coefficient (Wildman–Crippen LogP) is 2.97. The minimum absolute atomic E-state index is 0.106. The van der Waals surface area contributed by atoms with Gasteiger partial charge in [0.05, 0.1) is 19.1 Å². The van der Waals surface area contributed by atoms with Crippen molar-refractivity contribution in [1.82, 2.24) is 18.8 Å². The fourth-order valence-corrected chi connectivity index (χ4v) is 5.55. The zero-order valence-corrected chi connectivity index (χ0v) is 19.8. The maximum absolute atomic E-state index is 13.5. The van der Waals surface area contributed by atoms with Crippen molar-refractivity contribution in [3.05, 3.63) is 24.0 Å². The maximum Gasteiger partial charge on any atom is 0.271 e. The van der Waals surface area contributed by atoms with E-state index >= 15 is 0 Å². The maximum atomic E-state index is 13.5. The van der Waals surface area contributed by atoms with Crippen molar-refractivity contribution < 1.29 is 26.7 Å². The molecule has 0 unspecified atom stereocenters. The number of pyridine rings is 1. The van der Waals surface area contributed by atoms with Crippen LogP contribution in [0.5, 0.6) is 5.75 Å². The van der Waals surface area contributed by atoms with E-state index in [0.29, 0.717) is 23.8 Å². The Hall–Kier alpha value is -2.27. The van der Waals surface area contributed by atoms with E-state index in [4.69, 9.17) is 4.74 Å². The lowest BCUT2D eigenvalue weighted by Crippen LogP contribution is -2.43. The van der Waals surface area contributed by atoms with Gasteiger partial charge in [-0.15, -0.1) is 0 Å². The number of nitrogens with zero attached hydrogens (tertiary/aromatic N) is 4. The molecule has 1 amide bonds. The van der Waals surface area contributed by atoms with Crippen LogP contribution in [0.4, 0.5) is 8.78 Å². The van der Waals surface area contributed by atoms with Crippen LogP contribution in [0.2, 0.25) is 0 Å². The first-order valence-electron chi connectivity index (χ1n) is 11.3. The van der Waals surface area contributed by atoms with Crippen molar-refractivity contribution in [2.45, 2.75) is 51.0 Å². The molecule has 4 rings (SSSR count). The van der Waals surface area contributed by atoms with E-state index in [1.54, 1.807) is 6.07 Å². The SMILES string of the molecule is C[C@@H]1CCCN1CCCOc1cnc2c(c1)cc(C(=O)N1CCC(F)(F)CC1)n2S(C)(=O)=O. The van der Waals surface area contributed by atoms with Crippen LogP contribution in [0, 0.1) is 0 Å². The minimum Gasteiger partial charge on any atom is -0.492 e. The van der Waals surface area contributed by atoms with Gasteiger partial charge in [-0.1, -0.05) is 0 Å². The molecular weight excluding hydrogens is 454 g/mol. The number of carbonyl (C=O) groups excluding carboxylic acids is 1. The molecule has 0 aromatic carbocycles. The van der Waals surface area contributed by atoms with Crippen LogP contribution in [-0.4, -0.2) is 84.1 Å². The highest BCUT2D eigenvalue weighted by atomic mass is 32.2. The molecule has 1 atom stereocenters. The van der Waals surface area contributed by atoms with E-state index < -0.39 is 34.7 Å². The fourth-order valence-electron chi connectivity index (χ4n) is 4.60. The van der Waals surface area contributed by atoms with E-state index in [-0.39, 0.29) is 24.4 Å². The van der Waals surface area contributed by atoms with Crippen LogP contribution in [0.15, 0.2) is 18.3 Å². The first kappa shape index (κ1) is 23.9. The number of hydrogen-bond donors (Lipinski definition) is 0. The number of aromatic nitrogens is 2. The molecule has 2 aromatic rings. The van der Waals surface area contributed by atoms with Gasteiger partial charge in [-0.25, -0.2) is 26.2 Å². The Morgan fingerprint density at radius 1 is 1.24 bits per heavy atom. The Morgan fingerprint density at radius 2 is 1.97 bits per heavy atom. The van der Waals surface area contributed by atoms with Crippen molar-refractivity contribution in [3.8, 4) is 5.75 Å². The van der Waals surface area contributed by atoms with Gasteiger partial charge in [0.1, 0.15) is 11.4 Å². The van der Waals surface area contributed by atoms with E-state index in [1.165, 1.54) is 30.0 Å². The van der Waals surface area contributed by atoms with Crippen molar-refractivity contribution in [2.24, 2.45) is 0 Å². The second kappa shape index (κ2) is 9.17. The average molecular weight is 485 g/mol. The van der Waals surface area contributed by atoms with E-state index in [0.717, 1.165) is 29.7 Å². The molecule has 0 saturated carbocycles. The van der Waals surface area contributed by atoms with Gasteiger partial charge in [-0.2, -0.15) is 0 Å². The third kappa shape index (κ3) is 5.29. The summed E-state index contributed by atoms with van der Waals surface area (Å²) in [7, 11) is -3.86. The van der Waals surface area contributed by atoms with Crippen LogP contribution < -0.4 is 4.74 Å². The number of ether oxygens (including phenoxy) is 1. The Labute approximate surface area is 192 Å². The average Bonchev–Trinajstić information content (AvgIpc) is 3.33. The largest absolute Gasteiger partial charge is 0.492 e. The first-order valence-corrected chi connectivity index (χ1v) is 13.2. The standard InChI is InChI=1S/C22H30F2N4O4S/c1-16-5-3-8-26(16)9-4-12-32-18-13-17-14-19(28(33(2,30)31)20(17)25-15-18)21(29)27-10-6-22(23,24)7-11-27/h13-16H,3-12H2,1-2H3/t16-/m1/s1. The van der Waals surface area contributed by atoms with Crippen molar-refractivity contribution in [1.29, 1.82) is 0 Å². The highest BCUT2D eigenvalue weighted by Gasteiger charge is 2.37. The molecule has 0 radical (unpaired) electrons. The summed E-state index contributed by atoms with van der Waals surface area (Å²) in [5.41, 5.74) is 0.00631. The van der Waals surface area contributed by atoms with Crippen LogP contribution in [0.1, 0.15) is 49.5 Å². The number of rotatable bonds is 7. The van der Waals surface area contributed by atoms with Gasteiger partial charge in [0.2, 0.25) is 10.0 Å². The third-order valence-corrected chi connectivity index (χ3v) is 7.49. The van der Waals surface area contributed by atoms with Crippen molar-refractivity contribution in [3.63, 3.8) is 0 Å². The van der Waals surface area contributed by atoms with Gasteiger partial charge in [0, 0.05) is 43.9 Å². The fraction of sp³-hybridized carbons (Fsp3) is 0.636. The molecule has 0 spiro atoms. The predicted molar refractivity (Wildman–Crippen MR) is 120 cm³/mol. The Morgan fingerprint density at radius 3 is 2.61 bits per heavy atom. The zero-order valence-electron chi connectivity index (χ0n) is 19.0. The van der Waals surface area contributed by atoms with Crippen LogP contribution >= 0.6 is 0 Å². The van der Waals surface area contributed by atoms with Gasteiger partial charge in [0.25, 0.3) is 11.8 Å². The van der Waals surface area contributed by atoms with Crippen molar-refractivity contribution in [2.75, 3.05) is 39.0 Å². The number of piperidine rings is 1. The molecule has 11 heteroatoms. The van der Waals surface area contributed by atoms with Gasteiger partial charge in [-0.05, 0) is 44.9 Å². The molecule has 0 aliphatic carbocycles. The smallest absolute Gasteiger partial charge is 0.271 e. The lowest BCUT2D eigenvalue weighted by atomic mass is 10.1. The second-order valence-electron chi connectivity index (χ2n) is 9.02. The molecule has 33 heavy (non-hydrogen) atoms. The van der Waals surface area contributed by atoms with E-state index in [9.17, 15) is 22.0 Å². The van der Waals surface area contributed by atoms with Crippen LogP contribution in [0.3, 0.4) is 0 Å². The highest BCUT2D eigenvalue weighted by Crippen LogP contribution is 2.30. The zero-order chi connectivity index (χ0) is 23.8. The molecule has 0 N–H and O–H groups in total. The number of amides is 1. The van der Waals surface area contributed by atoms with Gasteiger partial charge >= 0.3 is 0 Å². The summed E-state index contributed by atoms with van der Waals surface area (Å²) >= 11 is 0. The third-order valence-electron chi connectivity index (χ3n) is 6.46. The Bertz CT molecular complexity index is 1120. The topological polar surface area (TPSA) is 84.7 Å². The lowest BCUT2D eigenvalue weighted by molar-refractivity contribution is -0.0495. The van der Waals surface area contributed by atoms with Gasteiger partial charge < -0.3 is 14.5 Å². The van der Waals surface area contributed by atoms with E-state index in [2.05, 4.69) is 16.8 Å². The molecule has 2 saturated heterocycles.